The van der Waals surface area contributed by atoms with E-state index in [-0.39, 0.29) is 12.6 Å². The molecule has 1 aliphatic heterocycles. The quantitative estimate of drug-likeness (QED) is 0.412. The first-order valence-electron chi connectivity index (χ1n) is 10.4. The largest absolute Gasteiger partial charge is 0.323 e. The fourth-order valence-electron chi connectivity index (χ4n) is 4.24. The molecule has 0 aliphatic carbocycles. The van der Waals surface area contributed by atoms with Crippen LogP contribution in [-0.2, 0) is 21.3 Å². The second-order valence-corrected chi connectivity index (χ2v) is 8.82. The van der Waals surface area contributed by atoms with E-state index in [4.69, 9.17) is 26.2 Å². The molecule has 1 aliphatic rings. The zero-order valence-corrected chi connectivity index (χ0v) is 18.5. The van der Waals surface area contributed by atoms with Gasteiger partial charge in [0.05, 0.1) is 17.3 Å². The summed E-state index contributed by atoms with van der Waals surface area (Å²) in [5, 5.41) is 5.41. The van der Waals surface area contributed by atoms with Crippen molar-refractivity contribution in [1.29, 1.82) is 0 Å². The molecule has 4 aromatic rings. The lowest BCUT2D eigenvalue weighted by Gasteiger charge is -2.45. The Kier molecular flexibility index (Phi) is 5.05. The smallest absolute Gasteiger partial charge is 0.174 e. The monoisotopic (exact) mass is 433 g/mol. The van der Waals surface area contributed by atoms with Crippen LogP contribution in [0.5, 0.6) is 0 Å². The summed E-state index contributed by atoms with van der Waals surface area (Å²) in [4.78, 5) is 4.64. The van der Waals surface area contributed by atoms with Gasteiger partial charge in [0.15, 0.2) is 18.2 Å². The molecule has 1 saturated heterocycles. The van der Waals surface area contributed by atoms with Crippen molar-refractivity contribution >= 4 is 17.2 Å². The summed E-state index contributed by atoms with van der Waals surface area (Å²) in [7, 11) is 0. The predicted molar refractivity (Wildman–Crippen MR) is 121 cm³/mol. The average Bonchev–Trinajstić information content (AvgIpc) is 3.18. The Morgan fingerprint density at radius 3 is 2.42 bits per heavy atom. The van der Waals surface area contributed by atoms with E-state index >= 15 is 0 Å². The number of aromatic nitrogens is 3. The van der Waals surface area contributed by atoms with Crippen molar-refractivity contribution in [1.82, 2.24) is 14.6 Å². The van der Waals surface area contributed by atoms with Gasteiger partial charge in [0.1, 0.15) is 0 Å². The highest BCUT2D eigenvalue weighted by atomic mass is 35.5. The van der Waals surface area contributed by atoms with E-state index in [0.717, 1.165) is 28.9 Å². The van der Waals surface area contributed by atoms with Gasteiger partial charge in [-0.1, -0.05) is 53.6 Å². The first kappa shape index (κ1) is 20.2. The summed E-state index contributed by atoms with van der Waals surface area (Å²) in [5.74, 6) is 0. The summed E-state index contributed by atoms with van der Waals surface area (Å²) < 4.78 is 13.9. The standard InChI is InChI=1S/C25H24ClN3O2/c1-16-4-6-18(7-5-16)14-25(3,24-30-17(2)31-24)22-12-13-27-23-21(15-28-29(22)23)19-8-10-20(26)11-9-19/h4-13,15,17,24H,14H2,1-3H3. The molecular formula is C25H24ClN3O2. The van der Waals surface area contributed by atoms with E-state index in [9.17, 15) is 0 Å². The SMILES string of the molecule is Cc1ccc(CC(C)(c2ccnc3c(-c4ccc(Cl)cc4)cnn23)C2OC(C)O2)cc1. The third-order valence-corrected chi connectivity index (χ3v) is 6.24. The maximum atomic E-state index is 6.07. The fraction of sp³-hybridized carbons (Fsp3) is 0.280. The lowest BCUT2D eigenvalue weighted by Crippen LogP contribution is -2.53. The van der Waals surface area contributed by atoms with Crippen LogP contribution in [0.2, 0.25) is 5.02 Å². The van der Waals surface area contributed by atoms with E-state index in [1.54, 1.807) is 0 Å². The number of fused-ring (bicyclic) bond motifs is 1. The molecule has 0 amide bonds. The Morgan fingerprint density at radius 1 is 1.03 bits per heavy atom. The highest BCUT2D eigenvalue weighted by Gasteiger charge is 2.47. The van der Waals surface area contributed by atoms with Crippen LogP contribution in [0.1, 0.15) is 30.7 Å². The molecule has 2 aromatic heterocycles. The number of nitrogens with zero attached hydrogens (tertiary/aromatic N) is 3. The van der Waals surface area contributed by atoms with Crippen molar-refractivity contribution in [2.24, 2.45) is 0 Å². The summed E-state index contributed by atoms with van der Waals surface area (Å²) in [6.45, 7) is 6.18. The van der Waals surface area contributed by atoms with Crippen LogP contribution < -0.4 is 0 Å². The minimum absolute atomic E-state index is 0.207. The number of ether oxygens (including phenoxy) is 2. The average molecular weight is 434 g/mol. The van der Waals surface area contributed by atoms with Gasteiger partial charge in [0.25, 0.3) is 0 Å². The topological polar surface area (TPSA) is 48.7 Å². The lowest BCUT2D eigenvalue weighted by atomic mass is 9.78. The molecule has 6 heteroatoms. The Morgan fingerprint density at radius 2 is 1.74 bits per heavy atom. The molecule has 2 aromatic carbocycles. The third kappa shape index (κ3) is 3.63. The first-order valence-corrected chi connectivity index (χ1v) is 10.8. The molecule has 0 bridgehead atoms. The molecule has 0 radical (unpaired) electrons. The number of benzene rings is 2. The van der Waals surface area contributed by atoms with Crippen molar-refractivity contribution in [3.8, 4) is 11.1 Å². The van der Waals surface area contributed by atoms with Crippen LogP contribution in [0.3, 0.4) is 0 Å². The molecule has 1 atom stereocenters. The Balaban J connectivity index is 1.61. The summed E-state index contributed by atoms with van der Waals surface area (Å²) >= 11 is 6.07. The molecule has 0 spiro atoms. The van der Waals surface area contributed by atoms with Crippen molar-refractivity contribution < 1.29 is 9.47 Å². The van der Waals surface area contributed by atoms with Crippen molar-refractivity contribution in [3.05, 3.63) is 88.8 Å². The Bertz CT molecular complexity index is 1210. The molecule has 0 saturated carbocycles. The molecule has 1 fully saturated rings. The molecule has 158 valence electrons. The molecule has 5 nitrogen and oxygen atoms in total. The summed E-state index contributed by atoms with van der Waals surface area (Å²) in [5.41, 5.74) is 5.77. The third-order valence-electron chi connectivity index (χ3n) is 5.98. The maximum Gasteiger partial charge on any atom is 0.174 e. The van der Waals surface area contributed by atoms with Gasteiger partial charge in [-0.2, -0.15) is 5.10 Å². The first-order chi connectivity index (χ1) is 14.9. The van der Waals surface area contributed by atoms with Gasteiger partial charge in [-0.15, -0.1) is 0 Å². The molecule has 31 heavy (non-hydrogen) atoms. The molecule has 5 rings (SSSR count). The highest BCUT2D eigenvalue weighted by molar-refractivity contribution is 6.30. The molecule has 3 heterocycles. The maximum absolute atomic E-state index is 6.07. The zero-order chi connectivity index (χ0) is 21.6. The number of rotatable bonds is 5. The van der Waals surface area contributed by atoms with Gasteiger partial charge in [-0.25, -0.2) is 9.50 Å². The minimum Gasteiger partial charge on any atom is -0.323 e. The second kappa shape index (κ2) is 7.75. The minimum atomic E-state index is -0.452. The van der Waals surface area contributed by atoms with Gasteiger partial charge in [0.2, 0.25) is 0 Å². The Hall–Kier alpha value is -2.73. The van der Waals surface area contributed by atoms with E-state index in [0.29, 0.717) is 5.02 Å². The number of halogens is 1. The summed E-state index contributed by atoms with van der Waals surface area (Å²) in [6.07, 6.45) is 3.87. The molecule has 0 N–H and O–H groups in total. The van der Waals surface area contributed by atoms with Gasteiger partial charge in [-0.3, -0.25) is 0 Å². The number of hydrogen-bond donors (Lipinski definition) is 0. The normalized spacial score (nSPS) is 20.4. The van der Waals surface area contributed by atoms with E-state index < -0.39 is 5.41 Å². The van der Waals surface area contributed by atoms with Crippen LogP contribution >= 0.6 is 11.6 Å². The van der Waals surface area contributed by atoms with Gasteiger partial charge < -0.3 is 9.47 Å². The van der Waals surface area contributed by atoms with Crippen LogP contribution in [0.15, 0.2) is 67.0 Å². The van der Waals surface area contributed by atoms with E-state index in [2.05, 4.69) is 43.1 Å². The van der Waals surface area contributed by atoms with Crippen molar-refractivity contribution in [2.75, 3.05) is 0 Å². The molecular weight excluding hydrogens is 410 g/mol. The molecule has 1 unspecified atom stereocenters. The van der Waals surface area contributed by atoms with Crippen molar-refractivity contribution in [2.45, 2.75) is 45.2 Å². The van der Waals surface area contributed by atoms with Crippen LogP contribution in [0.4, 0.5) is 0 Å². The predicted octanol–water partition coefficient (Wildman–Crippen LogP) is 5.58. The van der Waals surface area contributed by atoms with Crippen molar-refractivity contribution in [3.63, 3.8) is 0 Å². The van der Waals surface area contributed by atoms with Gasteiger partial charge in [-0.05, 0) is 56.5 Å². The summed E-state index contributed by atoms with van der Waals surface area (Å²) in [6, 6.07) is 18.3. The van der Waals surface area contributed by atoms with Gasteiger partial charge in [0, 0.05) is 16.8 Å². The lowest BCUT2D eigenvalue weighted by molar-refractivity contribution is -0.396. The van der Waals surface area contributed by atoms with Crippen LogP contribution in [0, 0.1) is 6.92 Å². The highest BCUT2D eigenvalue weighted by Crippen LogP contribution is 2.40. The fourth-order valence-corrected chi connectivity index (χ4v) is 4.37. The number of hydrogen-bond acceptors (Lipinski definition) is 4. The van der Waals surface area contributed by atoms with Crippen LogP contribution in [0.25, 0.3) is 16.8 Å². The van der Waals surface area contributed by atoms with E-state index in [1.165, 1.54) is 11.1 Å². The van der Waals surface area contributed by atoms with Crippen LogP contribution in [-0.4, -0.2) is 27.2 Å². The van der Waals surface area contributed by atoms with E-state index in [1.807, 2.05) is 54.2 Å². The zero-order valence-electron chi connectivity index (χ0n) is 17.7. The number of aryl methyl sites for hydroxylation is 1. The second-order valence-electron chi connectivity index (χ2n) is 8.38. The Labute approximate surface area is 186 Å². The van der Waals surface area contributed by atoms with Gasteiger partial charge >= 0.3 is 0 Å².